The van der Waals surface area contributed by atoms with E-state index in [9.17, 15) is 8.42 Å². The molecule has 0 spiro atoms. The monoisotopic (exact) mass is 321 g/mol. The zero-order chi connectivity index (χ0) is 15.0. The van der Waals surface area contributed by atoms with Crippen LogP contribution in [0.1, 0.15) is 11.3 Å². The Morgan fingerprint density at radius 1 is 1.24 bits per heavy atom. The number of pyridine rings is 1. The first kappa shape index (κ1) is 14.0. The van der Waals surface area contributed by atoms with Crippen molar-refractivity contribution in [2.45, 2.75) is 18.4 Å². The van der Waals surface area contributed by atoms with Gasteiger partial charge in [-0.2, -0.15) is 0 Å². The van der Waals surface area contributed by atoms with Crippen LogP contribution in [0.5, 0.6) is 0 Å². The van der Waals surface area contributed by atoms with E-state index >= 15 is 0 Å². The summed E-state index contributed by atoms with van der Waals surface area (Å²) in [5, 5.41) is 0.472. The largest absolute Gasteiger partial charge is 0.267 e. The van der Waals surface area contributed by atoms with Crippen molar-refractivity contribution >= 4 is 33.7 Å². The molecule has 0 bridgehead atoms. The fourth-order valence-electron chi connectivity index (χ4n) is 2.11. The van der Waals surface area contributed by atoms with Crippen LogP contribution in [0.4, 0.5) is 5.69 Å². The quantitative estimate of drug-likeness (QED) is 0.854. The van der Waals surface area contributed by atoms with Gasteiger partial charge in [0.25, 0.3) is 10.0 Å². The summed E-state index contributed by atoms with van der Waals surface area (Å²) in [6, 6.07) is 8.36. The van der Waals surface area contributed by atoms with Crippen molar-refractivity contribution in [3.63, 3.8) is 0 Å². The summed E-state index contributed by atoms with van der Waals surface area (Å²) in [6.45, 7) is 1.91. The van der Waals surface area contributed by atoms with E-state index in [4.69, 9.17) is 11.6 Å². The molecule has 0 saturated carbocycles. The van der Waals surface area contributed by atoms with E-state index in [1.807, 2.05) is 0 Å². The number of hydrogen-bond acceptors (Lipinski definition) is 4. The Kier molecular flexibility index (Phi) is 3.43. The average Bonchev–Trinajstić information content (AvgIpc) is 2.47. The van der Waals surface area contributed by atoms with Crippen molar-refractivity contribution in [2.75, 3.05) is 0 Å². The topological polar surface area (TPSA) is 62.6 Å². The highest BCUT2D eigenvalue weighted by atomic mass is 35.5. The highest BCUT2D eigenvalue weighted by Crippen LogP contribution is 2.31. The van der Waals surface area contributed by atoms with Crippen molar-refractivity contribution in [3.05, 3.63) is 52.8 Å². The molecule has 2 heterocycles. The second-order valence-corrected chi connectivity index (χ2v) is 6.87. The Morgan fingerprint density at radius 3 is 2.81 bits per heavy atom. The number of aliphatic imine (C=N–C) groups is 1. The second-order valence-electron chi connectivity index (χ2n) is 4.63. The minimum atomic E-state index is -3.61. The Morgan fingerprint density at radius 2 is 2.00 bits per heavy atom. The molecule has 5 nitrogen and oxygen atoms in total. The van der Waals surface area contributed by atoms with E-state index < -0.39 is 10.0 Å². The standard InChI is InChI=1S/C14H12ClN3O2S/c1-10-14(15)11(6-7-16-10)8-18-9-17-12-4-2-3-5-13(12)21(18,19)20/h2-7,9H,8H2,1H3. The Labute approximate surface area is 128 Å². The normalized spacial score (nSPS) is 15.8. The molecule has 1 aromatic heterocycles. The lowest BCUT2D eigenvalue weighted by atomic mass is 10.2. The maximum absolute atomic E-state index is 12.6. The molecule has 0 aliphatic carbocycles. The van der Waals surface area contributed by atoms with E-state index in [1.165, 1.54) is 10.6 Å². The third kappa shape index (κ3) is 2.41. The van der Waals surface area contributed by atoms with Gasteiger partial charge in [0.15, 0.2) is 0 Å². The van der Waals surface area contributed by atoms with Crippen molar-refractivity contribution in [1.29, 1.82) is 0 Å². The van der Waals surface area contributed by atoms with Crippen molar-refractivity contribution in [3.8, 4) is 0 Å². The maximum atomic E-state index is 12.6. The predicted molar refractivity (Wildman–Crippen MR) is 81.3 cm³/mol. The first-order valence-corrected chi connectivity index (χ1v) is 8.07. The lowest BCUT2D eigenvalue weighted by Gasteiger charge is -2.24. The zero-order valence-electron chi connectivity index (χ0n) is 11.2. The van der Waals surface area contributed by atoms with E-state index in [-0.39, 0.29) is 11.4 Å². The van der Waals surface area contributed by atoms with Gasteiger partial charge in [-0.05, 0) is 30.7 Å². The molecule has 3 rings (SSSR count). The number of aromatic nitrogens is 1. The van der Waals surface area contributed by atoms with Crippen LogP contribution in [-0.4, -0.2) is 24.0 Å². The van der Waals surface area contributed by atoms with Gasteiger partial charge in [0, 0.05) is 6.20 Å². The van der Waals surface area contributed by atoms with Crippen LogP contribution in [0.3, 0.4) is 0 Å². The van der Waals surface area contributed by atoms with Gasteiger partial charge in [-0.15, -0.1) is 0 Å². The Balaban J connectivity index is 2.01. The molecule has 1 aromatic carbocycles. The molecule has 1 aliphatic rings. The number of halogens is 1. The number of hydrogen-bond donors (Lipinski definition) is 0. The Hall–Kier alpha value is -1.92. The maximum Gasteiger partial charge on any atom is 0.267 e. The molecule has 2 aromatic rings. The molecule has 0 unspecified atom stereocenters. The highest BCUT2D eigenvalue weighted by molar-refractivity contribution is 7.89. The Bertz CT molecular complexity index is 834. The fraction of sp³-hybridized carbons (Fsp3) is 0.143. The molecule has 0 N–H and O–H groups in total. The first-order chi connectivity index (χ1) is 10.00. The number of aryl methyl sites for hydroxylation is 1. The number of rotatable bonds is 2. The van der Waals surface area contributed by atoms with E-state index in [0.29, 0.717) is 22.0 Å². The number of fused-ring (bicyclic) bond motifs is 1. The average molecular weight is 322 g/mol. The lowest BCUT2D eigenvalue weighted by Crippen LogP contribution is -2.31. The summed E-state index contributed by atoms with van der Waals surface area (Å²) in [4.78, 5) is 8.46. The van der Waals surface area contributed by atoms with Crippen molar-refractivity contribution in [2.24, 2.45) is 4.99 Å². The number of para-hydroxylation sites is 1. The first-order valence-electron chi connectivity index (χ1n) is 6.25. The van der Waals surface area contributed by atoms with Crippen LogP contribution < -0.4 is 0 Å². The van der Waals surface area contributed by atoms with E-state index in [1.54, 1.807) is 43.5 Å². The predicted octanol–water partition coefficient (Wildman–Crippen LogP) is 2.91. The molecule has 0 radical (unpaired) electrons. The minimum Gasteiger partial charge on any atom is -0.260 e. The molecule has 108 valence electrons. The van der Waals surface area contributed by atoms with Crippen molar-refractivity contribution < 1.29 is 8.42 Å². The van der Waals surface area contributed by atoms with Gasteiger partial charge in [-0.25, -0.2) is 13.4 Å². The fourth-order valence-corrected chi connectivity index (χ4v) is 3.65. The summed E-state index contributed by atoms with van der Waals surface area (Å²) >= 11 is 6.18. The molecule has 21 heavy (non-hydrogen) atoms. The number of sulfonamides is 1. The summed E-state index contributed by atoms with van der Waals surface area (Å²) in [5.74, 6) is 0. The van der Waals surface area contributed by atoms with Crippen LogP contribution >= 0.6 is 11.6 Å². The van der Waals surface area contributed by atoms with Gasteiger partial charge in [0.05, 0.1) is 22.9 Å². The van der Waals surface area contributed by atoms with Gasteiger partial charge < -0.3 is 0 Å². The molecule has 0 fully saturated rings. The smallest absolute Gasteiger partial charge is 0.260 e. The van der Waals surface area contributed by atoms with Gasteiger partial charge in [0.1, 0.15) is 11.2 Å². The minimum absolute atomic E-state index is 0.127. The van der Waals surface area contributed by atoms with Crippen LogP contribution in [0.25, 0.3) is 0 Å². The molecule has 0 amide bonds. The molecule has 7 heteroatoms. The van der Waals surface area contributed by atoms with Gasteiger partial charge in [-0.3, -0.25) is 9.29 Å². The van der Waals surface area contributed by atoms with Crippen molar-refractivity contribution in [1.82, 2.24) is 9.29 Å². The number of benzene rings is 1. The zero-order valence-corrected chi connectivity index (χ0v) is 12.8. The SMILES string of the molecule is Cc1nccc(CN2C=Nc3ccccc3S2(=O)=O)c1Cl. The molecular formula is C14H12ClN3O2S. The summed E-state index contributed by atoms with van der Waals surface area (Å²) in [6.07, 6.45) is 2.93. The van der Waals surface area contributed by atoms with E-state index in [0.717, 1.165) is 0 Å². The number of nitrogens with zero attached hydrogens (tertiary/aromatic N) is 3. The molecular weight excluding hydrogens is 310 g/mol. The molecule has 0 atom stereocenters. The molecule has 1 aliphatic heterocycles. The van der Waals surface area contributed by atoms with Crippen LogP contribution in [0, 0.1) is 6.92 Å². The summed E-state index contributed by atoms with van der Waals surface area (Å²) in [5.41, 5.74) is 1.81. The van der Waals surface area contributed by atoms with Gasteiger partial charge in [0.2, 0.25) is 0 Å². The summed E-state index contributed by atoms with van der Waals surface area (Å²) in [7, 11) is -3.61. The van der Waals surface area contributed by atoms with Gasteiger partial charge in [-0.1, -0.05) is 23.7 Å². The summed E-state index contributed by atoms with van der Waals surface area (Å²) < 4.78 is 26.4. The third-order valence-corrected chi connectivity index (χ3v) is 5.51. The lowest BCUT2D eigenvalue weighted by molar-refractivity contribution is 0.521. The molecule has 0 saturated heterocycles. The van der Waals surface area contributed by atoms with Crippen LogP contribution in [0.2, 0.25) is 5.02 Å². The third-order valence-electron chi connectivity index (χ3n) is 3.25. The van der Waals surface area contributed by atoms with Crippen LogP contribution in [-0.2, 0) is 16.6 Å². The van der Waals surface area contributed by atoms with E-state index in [2.05, 4.69) is 9.98 Å². The highest BCUT2D eigenvalue weighted by Gasteiger charge is 2.28. The second kappa shape index (κ2) is 5.13. The van der Waals surface area contributed by atoms with Gasteiger partial charge >= 0.3 is 0 Å². The van der Waals surface area contributed by atoms with Crippen LogP contribution in [0.15, 0.2) is 46.4 Å².